The van der Waals surface area contributed by atoms with E-state index in [1.54, 1.807) is 7.11 Å². The van der Waals surface area contributed by atoms with Crippen molar-refractivity contribution in [1.29, 1.82) is 0 Å². The Morgan fingerprint density at radius 2 is 2.00 bits per heavy atom. The molecule has 0 aliphatic carbocycles. The zero-order valence-electron chi connectivity index (χ0n) is 11.2. The minimum atomic E-state index is -0.0840. The van der Waals surface area contributed by atoms with Gasteiger partial charge >= 0.3 is 0 Å². The molecule has 1 aromatic carbocycles. The highest BCUT2D eigenvalue weighted by atomic mass is 16.5. The smallest absolute Gasteiger partial charge is 0.134 e. The van der Waals surface area contributed by atoms with Gasteiger partial charge in [0.25, 0.3) is 0 Å². The monoisotopic (exact) mass is 237 g/mol. The number of ether oxygens (including phenoxy) is 2. The molecule has 17 heavy (non-hydrogen) atoms. The molecule has 0 radical (unpaired) electrons. The Morgan fingerprint density at radius 1 is 1.29 bits per heavy atom. The summed E-state index contributed by atoms with van der Waals surface area (Å²) in [4.78, 5) is 0. The van der Waals surface area contributed by atoms with E-state index in [9.17, 15) is 0 Å². The lowest BCUT2D eigenvalue weighted by Crippen LogP contribution is -2.31. The fourth-order valence-electron chi connectivity index (χ4n) is 1.74. The summed E-state index contributed by atoms with van der Waals surface area (Å²) in [5.41, 5.74) is 8.07. The maximum Gasteiger partial charge on any atom is 0.134 e. The highest BCUT2D eigenvalue weighted by Crippen LogP contribution is 2.28. The van der Waals surface area contributed by atoms with Crippen LogP contribution in [-0.2, 0) is 4.74 Å². The van der Waals surface area contributed by atoms with Crippen LogP contribution in [0.15, 0.2) is 18.2 Å². The lowest BCUT2D eigenvalue weighted by Gasteiger charge is -2.20. The zero-order valence-corrected chi connectivity index (χ0v) is 11.2. The first-order valence-corrected chi connectivity index (χ1v) is 6.04. The second-order valence-electron chi connectivity index (χ2n) is 4.63. The molecule has 0 spiro atoms. The lowest BCUT2D eigenvalue weighted by atomic mass is 10.0. The van der Waals surface area contributed by atoms with Crippen LogP contribution in [0, 0.1) is 6.92 Å². The molecule has 1 aromatic rings. The summed E-state index contributed by atoms with van der Waals surface area (Å²) >= 11 is 0. The van der Waals surface area contributed by atoms with Gasteiger partial charge in [0.05, 0.1) is 6.61 Å². The van der Waals surface area contributed by atoms with Crippen LogP contribution >= 0.6 is 0 Å². The predicted octanol–water partition coefficient (Wildman–Crippen LogP) is 2.47. The van der Waals surface area contributed by atoms with Crippen LogP contribution in [-0.4, -0.2) is 26.4 Å². The van der Waals surface area contributed by atoms with Gasteiger partial charge < -0.3 is 15.2 Å². The van der Waals surface area contributed by atoms with Crippen LogP contribution in [0.1, 0.15) is 30.9 Å². The van der Waals surface area contributed by atoms with Crippen molar-refractivity contribution in [2.45, 2.75) is 32.8 Å². The van der Waals surface area contributed by atoms with Crippen molar-refractivity contribution in [3.8, 4) is 5.75 Å². The van der Waals surface area contributed by atoms with E-state index in [4.69, 9.17) is 15.2 Å². The van der Waals surface area contributed by atoms with Crippen molar-refractivity contribution in [2.75, 3.05) is 20.3 Å². The lowest BCUT2D eigenvalue weighted by molar-refractivity contribution is 0.0852. The summed E-state index contributed by atoms with van der Waals surface area (Å²) in [5.74, 6) is 1.36. The molecule has 0 fully saturated rings. The van der Waals surface area contributed by atoms with E-state index in [0.717, 1.165) is 5.75 Å². The van der Waals surface area contributed by atoms with Gasteiger partial charge in [-0.15, -0.1) is 0 Å². The first-order chi connectivity index (χ1) is 8.08. The maximum absolute atomic E-state index is 5.93. The Kier molecular flexibility index (Phi) is 5.45. The third-order valence-corrected chi connectivity index (χ3v) is 2.70. The Bertz CT molecular complexity index is 350. The first-order valence-electron chi connectivity index (χ1n) is 6.04. The zero-order chi connectivity index (χ0) is 12.8. The number of nitrogens with two attached hydrogens (primary N) is 1. The molecule has 1 rings (SSSR count). The quantitative estimate of drug-likeness (QED) is 0.826. The van der Waals surface area contributed by atoms with Gasteiger partial charge in [-0.2, -0.15) is 0 Å². The summed E-state index contributed by atoms with van der Waals surface area (Å²) < 4.78 is 11.0. The van der Waals surface area contributed by atoms with Crippen molar-refractivity contribution < 1.29 is 9.47 Å². The fraction of sp³-hybridized carbons (Fsp3) is 0.571. The van der Waals surface area contributed by atoms with Gasteiger partial charge in [-0.3, -0.25) is 0 Å². The second-order valence-corrected chi connectivity index (χ2v) is 4.63. The summed E-state index contributed by atoms with van der Waals surface area (Å²) in [7, 11) is 1.66. The van der Waals surface area contributed by atoms with E-state index in [2.05, 4.69) is 39.0 Å². The molecule has 0 saturated carbocycles. The van der Waals surface area contributed by atoms with Crippen LogP contribution < -0.4 is 10.5 Å². The van der Waals surface area contributed by atoms with Crippen molar-refractivity contribution in [2.24, 2.45) is 5.73 Å². The third kappa shape index (κ3) is 4.02. The highest BCUT2D eigenvalue weighted by molar-refractivity contribution is 5.39. The molecule has 0 bridgehead atoms. The summed E-state index contributed by atoms with van der Waals surface area (Å²) in [6.07, 6.45) is -0.0840. The molecule has 3 heteroatoms. The Hall–Kier alpha value is -1.06. The van der Waals surface area contributed by atoms with Crippen molar-refractivity contribution in [3.05, 3.63) is 29.3 Å². The standard InChI is InChI=1S/C14H23NO2/c1-10(2)13-6-5-11(3)7-14(13)17-12(8-15)9-16-4/h5-7,10,12H,8-9,15H2,1-4H3. The molecule has 0 aromatic heterocycles. The van der Waals surface area contributed by atoms with E-state index in [1.807, 2.05) is 0 Å². The topological polar surface area (TPSA) is 44.5 Å². The minimum Gasteiger partial charge on any atom is -0.486 e. The van der Waals surface area contributed by atoms with Crippen LogP contribution in [0.25, 0.3) is 0 Å². The molecule has 0 aliphatic heterocycles. The van der Waals surface area contributed by atoms with Crippen LogP contribution in [0.4, 0.5) is 0 Å². The van der Waals surface area contributed by atoms with Gasteiger partial charge in [0, 0.05) is 13.7 Å². The molecular formula is C14H23NO2. The van der Waals surface area contributed by atoms with Crippen LogP contribution in [0.2, 0.25) is 0 Å². The molecule has 0 heterocycles. The molecule has 1 unspecified atom stereocenters. The van der Waals surface area contributed by atoms with E-state index < -0.39 is 0 Å². The van der Waals surface area contributed by atoms with Crippen molar-refractivity contribution in [3.63, 3.8) is 0 Å². The van der Waals surface area contributed by atoms with Gasteiger partial charge in [-0.25, -0.2) is 0 Å². The second kappa shape index (κ2) is 6.62. The number of methoxy groups -OCH3 is 1. The molecule has 96 valence electrons. The number of benzene rings is 1. The molecule has 0 amide bonds. The molecule has 0 aliphatic rings. The fourth-order valence-corrected chi connectivity index (χ4v) is 1.74. The Balaban J connectivity index is 2.90. The minimum absolute atomic E-state index is 0.0840. The SMILES string of the molecule is COCC(CN)Oc1cc(C)ccc1C(C)C. The summed E-state index contributed by atoms with van der Waals surface area (Å²) in [6.45, 7) is 7.35. The van der Waals surface area contributed by atoms with Gasteiger partial charge in [-0.05, 0) is 30.0 Å². The van der Waals surface area contributed by atoms with E-state index >= 15 is 0 Å². The highest BCUT2D eigenvalue weighted by Gasteiger charge is 2.13. The van der Waals surface area contributed by atoms with Gasteiger partial charge in [0.1, 0.15) is 11.9 Å². The van der Waals surface area contributed by atoms with Crippen molar-refractivity contribution in [1.82, 2.24) is 0 Å². The maximum atomic E-state index is 5.93. The van der Waals surface area contributed by atoms with E-state index in [0.29, 0.717) is 19.1 Å². The first kappa shape index (κ1) is 14.0. The largest absolute Gasteiger partial charge is 0.486 e. The number of hydrogen-bond acceptors (Lipinski definition) is 3. The molecular weight excluding hydrogens is 214 g/mol. The van der Waals surface area contributed by atoms with Gasteiger partial charge in [0.15, 0.2) is 0 Å². The number of hydrogen-bond donors (Lipinski definition) is 1. The summed E-state index contributed by atoms with van der Waals surface area (Å²) in [6, 6.07) is 6.29. The Labute approximate surface area is 104 Å². The van der Waals surface area contributed by atoms with Gasteiger partial charge in [-0.1, -0.05) is 26.0 Å². The molecule has 1 atom stereocenters. The average Bonchev–Trinajstić information content (AvgIpc) is 2.28. The average molecular weight is 237 g/mol. The summed E-state index contributed by atoms with van der Waals surface area (Å²) in [5, 5.41) is 0. The van der Waals surface area contributed by atoms with Crippen LogP contribution in [0.3, 0.4) is 0 Å². The number of rotatable bonds is 6. The van der Waals surface area contributed by atoms with Gasteiger partial charge in [0.2, 0.25) is 0 Å². The third-order valence-electron chi connectivity index (χ3n) is 2.70. The molecule has 0 saturated heterocycles. The normalized spacial score (nSPS) is 12.8. The molecule has 2 N–H and O–H groups in total. The van der Waals surface area contributed by atoms with Crippen LogP contribution in [0.5, 0.6) is 5.75 Å². The van der Waals surface area contributed by atoms with Crippen molar-refractivity contribution >= 4 is 0 Å². The Morgan fingerprint density at radius 3 is 2.53 bits per heavy atom. The predicted molar refractivity (Wildman–Crippen MR) is 70.6 cm³/mol. The number of aryl methyl sites for hydroxylation is 1. The molecule has 3 nitrogen and oxygen atoms in total. The van der Waals surface area contributed by atoms with E-state index in [-0.39, 0.29) is 6.10 Å². The van der Waals surface area contributed by atoms with E-state index in [1.165, 1.54) is 11.1 Å².